The van der Waals surface area contributed by atoms with E-state index in [9.17, 15) is 9.59 Å². The number of aryl methyl sites for hydroxylation is 1. The Morgan fingerprint density at radius 3 is 2.54 bits per heavy atom. The van der Waals surface area contributed by atoms with Gasteiger partial charge >= 0.3 is 5.97 Å². The van der Waals surface area contributed by atoms with Crippen molar-refractivity contribution in [1.82, 2.24) is 4.90 Å². The zero-order chi connectivity index (χ0) is 29.1. The van der Waals surface area contributed by atoms with E-state index in [0.29, 0.717) is 18.8 Å². The molecule has 7 heteroatoms. The molecule has 0 aliphatic carbocycles. The Labute approximate surface area is 242 Å². The highest BCUT2D eigenvalue weighted by atomic mass is 16.5. The molecule has 1 unspecified atom stereocenters. The van der Waals surface area contributed by atoms with Gasteiger partial charge in [0.15, 0.2) is 0 Å². The number of esters is 1. The molecule has 0 radical (unpaired) electrons. The molecule has 0 saturated carbocycles. The highest BCUT2D eigenvalue weighted by Crippen LogP contribution is 2.46. The van der Waals surface area contributed by atoms with Crippen LogP contribution >= 0.6 is 0 Å². The van der Waals surface area contributed by atoms with E-state index in [0.717, 1.165) is 72.2 Å². The predicted octanol–water partition coefficient (Wildman–Crippen LogP) is 7.33. The van der Waals surface area contributed by atoms with Gasteiger partial charge in [0.2, 0.25) is 0 Å². The van der Waals surface area contributed by atoms with Gasteiger partial charge in [0, 0.05) is 31.1 Å². The van der Waals surface area contributed by atoms with Crippen LogP contribution in [0.3, 0.4) is 0 Å². The Hall–Kier alpha value is -4.00. The van der Waals surface area contributed by atoms with Crippen LogP contribution < -0.4 is 5.32 Å². The summed E-state index contributed by atoms with van der Waals surface area (Å²) in [5, 5.41) is 7.42. The second kappa shape index (κ2) is 11.9. The minimum Gasteiger partial charge on any atom is -0.469 e. The van der Waals surface area contributed by atoms with Crippen LogP contribution in [0.2, 0.25) is 0 Å². The summed E-state index contributed by atoms with van der Waals surface area (Å²) in [5.41, 5.74) is 15.6. The van der Waals surface area contributed by atoms with Gasteiger partial charge in [-0.25, -0.2) is 5.53 Å². The monoisotopic (exact) mass is 552 g/mol. The summed E-state index contributed by atoms with van der Waals surface area (Å²) in [5.74, 6) is -0.608. The third-order valence-corrected chi connectivity index (χ3v) is 8.85. The van der Waals surface area contributed by atoms with Crippen molar-refractivity contribution in [3.8, 4) is 0 Å². The fourth-order valence-electron chi connectivity index (χ4n) is 6.46. The van der Waals surface area contributed by atoms with E-state index in [1.807, 2.05) is 43.9 Å². The molecule has 7 nitrogen and oxygen atoms in total. The van der Waals surface area contributed by atoms with Crippen molar-refractivity contribution in [3.05, 3.63) is 93.5 Å². The van der Waals surface area contributed by atoms with Crippen LogP contribution in [0.25, 0.3) is 0 Å². The van der Waals surface area contributed by atoms with Crippen LogP contribution in [-0.2, 0) is 28.9 Å². The van der Waals surface area contributed by atoms with E-state index in [1.54, 1.807) is 0 Å². The van der Waals surface area contributed by atoms with Crippen LogP contribution in [0.4, 0.5) is 11.4 Å². The first kappa shape index (κ1) is 28.5. The van der Waals surface area contributed by atoms with Crippen LogP contribution in [0.15, 0.2) is 59.7 Å². The number of hydrogen-bond acceptors (Lipinski definition) is 6. The summed E-state index contributed by atoms with van der Waals surface area (Å²) in [6.45, 7) is 7.77. The highest BCUT2D eigenvalue weighted by molar-refractivity contribution is 5.94. The van der Waals surface area contributed by atoms with Crippen molar-refractivity contribution in [2.75, 3.05) is 25.5 Å². The highest BCUT2D eigenvalue weighted by Gasteiger charge is 2.41. The molecule has 8 rings (SSSR count). The molecule has 0 aromatic heterocycles. The zero-order valence-electron chi connectivity index (χ0n) is 24.5. The lowest BCUT2D eigenvalue weighted by Crippen LogP contribution is -2.36. The first-order chi connectivity index (χ1) is 19.7. The normalized spacial score (nSPS) is 17.6. The van der Waals surface area contributed by atoms with Crippen molar-refractivity contribution in [3.63, 3.8) is 0 Å². The molecule has 41 heavy (non-hydrogen) atoms. The van der Waals surface area contributed by atoms with E-state index in [1.165, 1.54) is 18.2 Å². The first-order valence-electron chi connectivity index (χ1n) is 14.6. The van der Waals surface area contributed by atoms with E-state index < -0.39 is 5.41 Å². The number of benzene rings is 3. The smallest absolute Gasteiger partial charge is 0.312 e. The molecule has 5 aliphatic rings. The number of carbonyl (C=O) groups is 2. The standard InChI is InChI=1S/C34H40N4O3/c1-22-28-15-16-29(31(22)37-35)36-18-7-5-6-8-23-9-11-25(12-10-23)32(39)38-19-17-24-13-14-26(20-27(24)21-38)30(28)34(2,3)33(40)41-4/h9-16,20,30,35-36H,5-8,17-19,21H2,1-4H3. The molecular formula is C34H40N4O3. The Bertz CT molecular complexity index is 1460. The quantitative estimate of drug-likeness (QED) is 0.263. The second-order valence-corrected chi connectivity index (χ2v) is 11.9. The predicted molar refractivity (Wildman–Crippen MR) is 161 cm³/mol. The van der Waals surface area contributed by atoms with Gasteiger partial charge in [-0.2, -0.15) is 5.11 Å². The number of anilines is 1. The summed E-state index contributed by atoms with van der Waals surface area (Å²) in [6.07, 6.45) is 4.89. The van der Waals surface area contributed by atoms with Gasteiger partial charge in [0.05, 0.1) is 18.2 Å². The molecule has 2 N–H and O–H groups in total. The molecule has 5 aliphatic heterocycles. The van der Waals surface area contributed by atoms with Crippen molar-refractivity contribution in [2.45, 2.75) is 65.3 Å². The maximum atomic E-state index is 13.5. The Morgan fingerprint density at radius 1 is 1.02 bits per heavy atom. The minimum atomic E-state index is -0.900. The van der Waals surface area contributed by atoms with Crippen LogP contribution in [0.1, 0.15) is 82.8 Å². The fourth-order valence-corrected chi connectivity index (χ4v) is 6.46. The van der Waals surface area contributed by atoms with Crippen molar-refractivity contribution in [2.24, 2.45) is 10.5 Å². The summed E-state index contributed by atoms with van der Waals surface area (Å²) in [4.78, 5) is 28.6. The molecule has 5 heterocycles. The number of methoxy groups -OCH3 is 1. The first-order valence-corrected chi connectivity index (χ1v) is 14.6. The average Bonchev–Trinajstić information content (AvgIpc) is 2.98. The lowest BCUT2D eigenvalue weighted by Gasteiger charge is -2.35. The number of amides is 1. The summed E-state index contributed by atoms with van der Waals surface area (Å²) in [7, 11) is 1.42. The summed E-state index contributed by atoms with van der Waals surface area (Å²) >= 11 is 0. The SMILES string of the molecule is COC(=O)C(C)(C)C1c2ccc3c(c2)CN(CC3)C(=O)c2ccc(cc2)CCCCCNc2ccc1c(C)c2N=N. The Morgan fingerprint density at radius 2 is 1.80 bits per heavy atom. The summed E-state index contributed by atoms with van der Waals surface area (Å²) < 4.78 is 5.28. The fraction of sp³-hybridized carbons (Fsp3) is 0.412. The molecule has 214 valence electrons. The van der Waals surface area contributed by atoms with Gasteiger partial charge < -0.3 is 15.0 Å². The van der Waals surface area contributed by atoms with Gasteiger partial charge in [-0.3, -0.25) is 9.59 Å². The third kappa shape index (κ3) is 5.63. The molecule has 1 atom stereocenters. The zero-order valence-corrected chi connectivity index (χ0v) is 24.5. The maximum Gasteiger partial charge on any atom is 0.312 e. The second-order valence-electron chi connectivity index (χ2n) is 11.9. The van der Waals surface area contributed by atoms with Gasteiger partial charge in [-0.15, -0.1) is 0 Å². The molecule has 1 amide bonds. The Balaban J connectivity index is 1.63. The molecule has 7 bridgehead atoms. The topological polar surface area (TPSA) is 94.8 Å². The van der Waals surface area contributed by atoms with E-state index in [2.05, 4.69) is 46.8 Å². The minimum absolute atomic E-state index is 0.0455. The lowest BCUT2D eigenvalue weighted by molar-refractivity contribution is -0.151. The van der Waals surface area contributed by atoms with E-state index in [4.69, 9.17) is 10.3 Å². The van der Waals surface area contributed by atoms with Crippen LogP contribution in [0, 0.1) is 17.9 Å². The van der Waals surface area contributed by atoms with Gasteiger partial charge in [0.1, 0.15) is 5.69 Å². The third-order valence-electron chi connectivity index (χ3n) is 8.85. The summed E-state index contributed by atoms with van der Waals surface area (Å²) in [6, 6.07) is 18.5. The van der Waals surface area contributed by atoms with Gasteiger partial charge in [-0.05, 0) is 98.0 Å². The number of carbonyl (C=O) groups excluding carboxylic acids is 2. The number of ether oxygens (including phenoxy) is 1. The van der Waals surface area contributed by atoms with E-state index in [-0.39, 0.29) is 17.8 Å². The molecule has 0 saturated heterocycles. The van der Waals surface area contributed by atoms with Gasteiger partial charge in [0.25, 0.3) is 5.91 Å². The molecule has 3 aromatic rings. The van der Waals surface area contributed by atoms with Crippen LogP contribution in [-0.4, -0.2) is 37.0 Å². The van der Waals surface area contributed by atoms with Gasteiger partial charge in [-0.1, -0.05) is 42.8 Å². The van der Waals surface area contributed by atoms with Crippen molar-refractivity contribution < 1.29 is 14.3 Å². The van der Waals surface area contributed by atoms with Crippen molar-refractivity contribution >= 4 is 23.3 Å². The largest absolute Gasteiger partial charge is 0.469 e. The van der Waals surface area contributed by atoms with Crippen LogP contribution in [0.5, 0.6) is 0 Å². The molecule has 3 aromatic carbocycles. The average molecular weight is 553 g/mol. The lowest BCUT2D eigenvalue weighted by atomic mass is 9.69. The molecule has 0 fully saturated rings. The number of hydrogen-bond donors (Lipinski definition) is 2. The van der Waals surface area contributed by atoms with Crippen molar-refractivity contribution in [1.29, 1.82) is 5.53 Å². The number of rotatable bonds is 3. The Kier molecular flexibility index (Phi) is 8.25. The molecular weight excluding hydrogens is 512 g/mol. The van der Waals surface area contributed by atoms with E-state index >= 15 is 0 Å². The number of nitrogens with one attached hydrogen (secondary N) is 2. The molecule has 0 spiro atoms. The maximum absolute atomic E-state index is 13.5. The number of nitrogens with zero attached hydrogens (tertiary/aromatic N) is 2.